The SMILES string of the molecule is Cc1nc(C2COCCN2c2ccnc(-c3ccccc3)n2)no1. The molecule has 0 aliphatic carbocycles. The molecule has 7 nitrogen and oxygen atoms in total. The summed E-state index contributed by atoms with van der Waals surface area (Å²) in [6, 6.07) is 11.7. The number of aromatic nitrogens is 4. The molecule has 24 heavy (non-hydrogen) atoms. The zero-order valence-electron chi connectivity index (χ0n) is 13.3. The van der Waals surface area contributed by atoms with Crippen LogP contribution in [0.5, 0.6) is 0 Å². The van der Waals surface area contributed by atoms with E-state index in [0.717, 1.165) is 11.4 Å². The summed E-state index contributed by atoms with van der Waals surface area (Å²) in [6.07, 6.45) is 1.78. The van der Waals surface area contributed by atoms with Crippen LogP contribution in [0.15, 0.2) is 47.1 Å². The number of morpholine rings is 1. The molecule has 7 heteroatoms. The van der Waals surface area contributed by atoms with Crippen LogP contribution in [-0.2, 0) is 4.74 Å². The highest BCUT2D eigenvalue weighted by Gasteiger charge is 2.29. The first-order chi connectivity index (χ1) is 11.8. The molecule has 1 atom stereocenters. The Morgan fingerprint density at radius 1 is 1.12 bits per heavy atom. The third-order valence-electron chi connectivity index (χ3n) is 3.94. The van der Waals surface area contributed by atoms with Gasteiger partial charge in [0.05, 0.1) is 13.2 Å². The molecule has 1 aliphatic heterocycles. The van der Waals surface area contributed by atoms with Crippen LogP contribution in [0.2, 0.25) is 0 Å². The van der Waals surface area contributed by atoms with Crippen molar-refractivity contribution in [3.63, 3.8) is 0 Å². The molecule has 0 N–H and O–H groups in total. The standard InChI is InChI=1S/C17H17N5O2/c1-12-19-17(21-24-12)14-11-23-10-9-22(14)15-7-8-18-16(20-15)13-5-3-2-4-6-13/h2-8,14H,9-11H2,1H3. The third kappa shape index (κ3) is 2.85. The summed E-state index contributed by atoms with van der Waals surface area (Å²) in [5.41, 5.74) is 0.986. The molecule has 0 radical (unpaired) electrons. The summed E-state index contributed by atoms with van der Waals surface area (Å²) in [4.78, 5) is 15.6. The number of rotatable bonds is 3. The van der Waals surface area contributed by atoms with E-state index in [2.05, 4.69) is 20.0 Å². The molecule has 1 saturated heterocycles. The minimum absolute atomic E-state index is 0.116. The summed E-state index contributed by atoms with van der Waals surface area (Å²) < 4.78 is 10.7. The first-order valence-electron chi connectivity index (χ1n) is 7.84. The molecular formula is C17H17N5O2. The fourth-order valence-electron chi connectivity index (χ4n) is 2.78. The summed E-state index contributed by atoms with van der Waals surface area (Å²) >= 11 is 0. The first kappa shape index (κ1) is 14.8. The Labute approximate surface area is 139 Å². The Bertz CT molecular complexity index is 821. The lowest BCUT2D eigenvalue weighted by molar-refractivity contribution is 0.0905. The van der Waals surface area contributed by atoms with E-state index in [4.69, 9.17) is 14.2 Å². The van der Waals surface area contributed by atoms with Gasteiger partial charge in [0, 0.05) is 25.2 Å². The fourth-order valence-corrected chi connectivity index (χ4v) is 2.78. The molecule has 4 rings (SSSR count). The molecule has 2 aromatic heterocycles. The van der Waals surface area contributed by atoms with Crippen LogP contribution in [0.4, 0.5) is 5.82 Å². The molecule has 1 aromatic carbocycles. The average molecular weight is 323 g/mol. The average Bonchev–Trinajstić information content (AvgIpc) is 3.09. The van der Waals surface area contributed by atoms with Crippen molar-refractivity contribution in [1.29, 1.82) is 0 Å². The van der Waals surface area contributed by atoms with E-state index in [1.54, 1.807) is 13.1 Å². The van der Waals surface area contributed by atoms with Gasteiger partial charge < -0.3 is 14.2 Å². The predicted octanol–water partition coefficient (Wildman–Crippen LogP) is 2.41. The molecule has 0 spiro atoms. The van der Waals surface area contributed by atoms with Crippen LogP contribution in [-0.4, -0.2) is 39.9 Å². The Hall–Kier alpha value is -2.80. The van der Waals surface area contributed by atoms with Crippen molar-refractivity contribution in [2.24, 2.45) is 0 Å². The summed E-state index contributed by atoms with van der Waals surface area (Å²) in [5.74, 6) is 2.69. The van der Waals surface area contributed by atoms with Gasteiger partial charge in [-0.25, -0.2) is 9.97 Å². The number of aryl methyl sites for hydroxylation is 1. The van der Waals surface area contributed by atoms with Gasteiger partial charge in [0.25, 0.3) is 0 Å². The number of benzene rings is 1. The largest absolute Gasteiger partial charge is 0.377 e. The number of anilines is 1. The van der Waals surface area contributed by atoms with Crippen molar-refractivity contribution < 1.29 is 9.26 Å². The van der Waals surface area contributed by atoms with Crippen molar-refractivity contribution in [2.45, 2.75) is 13.0 Å². The normalized spacial score (nSPS) is 17.9. The zero-order chi connectivity index (χ0) is 16.4. The second kappa shape index (κ2) is 6.37. The molecule has 122 valence electrons. The van der Waals surface area contributed by atoms with Crippen molar-refractivity contribution >= 4 is 5.82 Å². The van der Waals surface area contributed by atoms with Crippen LogP contribution in [0, 0.1) is 6.92 Å². The maximum atomic E-state index is 5.61. The van der Waals surface area contributed by atoms with Gasteiger partial charge >= 0.3 is 0 Å². The van der Waals surface area contributed by atoms with Crippen LogP contribution in [0.3, 0.4) is 0 Å². The first-order valence-corrected chi connectivity index (χ1v) is 7.84. The molecule has 3 aromatic rings. The van der Waals surface area contributed by atoms with E-state index in [9.17, 15) is 0 Å². The summed E-state index contributed by atoms with van der Waals surface area (Å²) in [6.45, 7) is 3.63. The smallest absolute Gasteiger partial charge is 0.223 e. The van der Waals surface area contributed by atoms with E-state index in [1.807, 2.05) is 36.4 Å². The Balaban J connectivity index is 1.68. The summed E-state index contributed by atoms with van der Waals surface area (Å²) in [5, 5.41) is 4.04. The van der Waals surface area contributed by atoms with Gasteiger partial charge in [0.15, 0.2) is 11.6 Å². The lowest BCUT2D eigenvalue weighted by atomic mass is 10.2. The van der Waals surface area contributed by atoms with E-state index in [-0.39, 0.29) is 6.04 Å². The highest BCUT2D eigenvalue weighted by atomic mass is 16.5. The molecule has 0 bridgehead atoms. The van der Waals surface area contributed by atoms with Crippen molar-refractivity contribution in [1.82, 2.24) is 20.1 Å². The molecule has 0 saturated carbocycles. The van der Waals surface area contributed by atoms with Crippen LogP contribution in [0.25, 0.3) is 11.4 Å². The highest BCUT2D eigenvalue weighted by molar-refractivity contribution is 5.57. The molecule has 3 heterocycles. The lowest BCUT2D eigenvalue weighted by Gasteiger charge is -2.34. The maximum absolute atomic E-state index is 5.61. The Morgan fingerprint density at radius 3 is 2.79 bits per heavy atom. The Kier molecular flexibility index (Phi) is 3.92. The van der Waals surface area contributed by atoms with Crippen LogP contribution >= 0.6 is 0 Å². The molecule has 1 unspecified atom stereocenters. The lowest BCUT2D eigenvalue weighted by Crippen LogP contribution is -2.40. The van der Waals surface area contributed by atoms with E-state index in [0.29, 0.717) is 37.3 Å². The molecule has 1 aliphatic rings. The van der Waals surface area contributed by atoms with Gasteiger partial charge in [-0.1, -0.05) is 35.5 Å². The quantitative estimate of drug-likeness (QED) is 0.732. The molecule has 0 amide bonds. The zero-order valence-corrected chi connectivity index (χ0v) is 13.3. The topological polar surface area (TPSA) is 77.2 Å². The van der Waals surface area contributed by atoms with Gasteiger partial charge in [0.2, 0.25) is 5.89 Å². The van der Waals surface area contributed by atoms with Gasteiger partial charge in [-0.05, 0) is 6.07 Å². The van der Waals surface area contributed by atoms with E-state index in [1.165, 1.54) is 0 Å². The number of nitrogens with zero attached hydrogens (tertiary/aromatic N) is 5. The maximum Gasteiger partial charge on any atom is 0.223 e. The number of hydrogen-bond acceptors (Lipinski definition) is 7. The second-order valence-corrected chi connectivity index (χ2v) is 5.56. The van der Waals surface area contributed by atoms with E-state index < -0.39 is 0 Å². The van der Waals surface area contributed by atoms with Crippen LogP contribution < -0.4 is 4.90 Å². The third-order valence-corrected chi connectivity index (χ3v) is 3.94. The molecular weight excluding hydrogens is 306 g/mol. The van der Waals surface area contributed by atoms with Crippen molar-refractivity contribution in [3.8, 4) is 11.4 Å². The highest BCUT2D eigenvalue weighted by Crippen LogP contribution is 2.28. The minimum Gasteiger partial charge on any atom is -0.377 e. The van der Waals surface area contributed by atoms with Crippen LogP contribution in [0.1, 0.15) is 17.8 Å². The Morgan fingerprint density at radius 2 is 2.00 bits per heavy atom. The number of ether oxygens (including phenoxy) is 1. The monoisotopic (exact) mass is 323 g/mol. The van der Waals surface area contributed by atoms with Gasteiger partial charge in [-0.3, -0.25) is 0 Å². The summed E-state index contributed by atoms with van der Waals surface area (Å²) in [7, 11) is 0. The number of hydrogen-bond donors (Lipinski definition) is 0. The van der Waals surface area contributed by atoms with Gasteiger partial charge in [-0.2, -0.15) is 4.98 Å². The van der Waals surface area contributed by atoms with Gasteiger partial charge in [-0.15, -0.1) is 0 Å². The van der Waals surface area contributed by atoms with Crippen molar-refractivity contribution in [2.75, 3.05) is 24.7 Å². The van der Waals surface area contributed by atoms with Crippen molar-refractivity contribution in [3.05, 3.63) is 54.3 Å². The minimum atomic E-state index is -0.116. The van der Waals surface area contributed by atoms with E-state index >= 15 is 0 Å². The fraction of sp³-hybridized carbons (Fsp3) is 0.294. The second-order valence-electron chi connectivity index (χ2n) is 5.56. The molecule has 1 fully saturated rings. The predicted molar refractivity (Wildman–Crippen MR) is 87.4 cm³/mol. The van der Waals surface area contributed by atoms with Gasteiger partial charge in [0.1, 0.15) is 11.9 Å².